The number of fused-ring (bicyclic) bond motifs is 2. The number of hydrogen-bond acceptors (Lipinski definition) is 3. The lowest BCUT2D eigenvalue weighted by molar-refractivity contribution is -0.415. The summed E-state index contributed by atoms with van der Waals surface area (Å²) in [6.07, 6.45) is -7.18. The normalized spacial score (nSPS) is 31.4. The zero-order valence-electron chi connectivity index (χ0n) is 15.0. The van der Waals surface area contributed by atoms with Crippen LogP contribution in [0.4, 0.5) is 26.3 Å². The van der Waals surface area contributed by atoms with Gasteiger partial charge in [-0.25, -0.2) is 9.78 Å². The number of halogens is 6. The van der Waals surface area contributed by atoms with Crippen LogP contribution in [0.3, 0.4) is 0 Å². The van der Waals surface area contributed by atoms with Gasteiger partial charge in [-0.1, -0.05) is 19.1 Å². The number of benzene rings is 1. The molecule has 2 aliphatic rings. The van der Waals surface area contributed by atoms with Gasteiger partial charge in [-0.3, -0.25) is 4.79 Å². The van der Waals surface area contributed by atoms with Crippen LogP contribution in [-0.4, -0.2) is 17.5 Å². The van der Waals surface area contributed by atoms with Crippen LogP contribution in [0, 0.1) is 11.8 Å². The van der Waals surface area contributed by atoms with Gasteiger partial charge in [-0.15, -0.1) is 0 Å². The van der Waals surface area contributed by atoms with E-state index in [1.54, 1.807) is 13.8 Å². The molecule has 2 bridgehead atoms. The quantitative estimate of drug-likeness (QED) is 0.483. The number of alkyl halides is 6. The lowest BCUT2D eigenvalue weighted by Gasteiger charge is -2.45. The number of carbonyl (C=O) groups is 1. The first-order chi connectivity index (χ1) is 12.8. The molecular weight excluding hydrogens is 390 g/mol. The molecule has 1 saturated carbocycles. The molecule has 1 saturated heterocycles. The summed E-state index contributed by atoms with van der Waals surface area (Å²) < 4.78 is 78.2. The minimum absolute atomic E-state index is 0.0188. The fourth-order valence-corrected chi connectivity index (χ4v) is 3.54. The van der Waals surface area contributed by atoms with E-state index in [0.29, 0.717) is 12.5 Å². The molecule has 2 fully saturated rings. The number of carbonyl (C=O) groups excluding carboxylic acids is 1. The molecule has 3 rings (SSSR count). The summed E-state index contributed by atoms with van der Waals surface area (Å²) in [5.41, 5.74) is -4.37. The first kappa shape index (κ1) is 20.9. The van der Waals surface area contributed by atoms with E-state index in [2.05, 4.69) is 0 Å². The van der Waals surface area contributed by atoms with Crippen LogP contribution in [0.5, 0.6) is 0 Å². The van der Waals surface area contributed by atoms with Gasteiger partial charge in [-0.2, -0.15) is 26.3 Å². The molecule has 0 N–H and O–H groups in total. The molecule has 0 unspecified atom stereocenters. The van der Waals surface area contributed by atoms with Crippen molar-refractivity contribution in [2.24, 2.45) is 11.8 Å². The van der Waals surface area contributed by atoms with Crippen LogP contribution in [0.15, 0.2) is 24.3 Å². The fourth-order valence-electron chi connectivity index (χ4n) is 3.54. The summed E-state index contributed by atoms with van der Waals surface area (Å²) in [7, 11) is 0. The van der Waals surface area contributed by atoms with Gasteiger partial charge in [0.15, 0.2) is 0 Å². The molecule has 1 heterocycles. The van der Waals surface area contributed by atoms with E-state index in [1.807, 2.05) is 0 Å². The summed E-state index contributed by atoms with van der Waals surface area (Å²) in [6.45, 7) is 3.30. The molecule has 154 valence electrons. The van der Waals surface area contributed by atoms with Crippen LogP contribution >= 0.6 is 0 Å². The molecule has 1 aromatic rings. The Morgan fingerprint density at radius 1 is 1.14 bits per heavy atom. The summed E-state index contributed by atoms with van der Waals surface area (Å²) in [6, 6.07) is 1.45. The van der Waals surface area contributed by atoms with Gasteiger partial charge in [0.1, 0.15) is 17.5 Å². The molecule has 0 radical (unpaired) electrons. The number of hydrogen-bond donors (Lipinski definition) is 0. The minimum Gasteiger partial charge on any atom is -0.299 e. The molecule has 0 spiro atoms. The Morgan fingerprint density at radius 3 is 2.43 bits per heavy atom. The summed E-state index contributed by atoms with van der Waals surface area (Å²) in [5, 5.41) is 0. The Balaban J connectivity index is 1.92. The summed E-state index contributed by atoms with van der Waals surface area (Å²) in [5.74, 6) is -0.638. The maximum Gasteiger partial charge on any atom is 0.417 e. The second-order valence-corrected chi connectivity index (χ2v) is 7.42. The van der Waals surface area contributed by atoms with Crippen LogP contribution < -0.4 is 0 Å². The van der Waals surface area contributed by atoms with Gasteiger partial charge in [0.05, 0.1) is 11.1 Å². The van der Waals surface area contributed by atoms with Crippen molar-refractivity contribution in [3.63, 3.8) is 0 Å². The third kappa shape index (κ3) is 3.96. The van der Waals surface area contributed by atoms with Crippen LogP contribution in [-0.2, 0) is 26.9 Å². The van der Waals surface area contributed by atoms with Gasteiger partial charge in [0.25, 0.3) is 0 Å². The van der Waals surface area contributed by atoms with Gasteiger partial charge in [-0.05, 0) is 37.1 Å². The van der Waals surface area contributed by atoms with Crippen molar-refractivity contribution in [2.45, 2.75) is 50.7 Å². The van der Waals surface area contributed by atoms with Crippen molar-refractivity contribution in [1.29, 1.82) is 0 Å². The Kier molecular flexibility index (Phi) is 5.12. The van der Waals surface area contributed by atoms with Crippen LogP contribution in [0.1, 0.15) is 43.4 Å². The van der Waals surface area contributed by atoms with Crippen molar-refractivity contribution < 1.29 is 40.9 Å². The SMILES string of the molecule is C[C@H]1C(=O)C[C@@H]2C[C@H]1OO[C@@]2(C)/C=C\c1ccc(C(F)(F)F)cc1C(F)(F)F. The Bertz CT molecular complexity index is 798. The highest BCUT2D eigenvalue weighted by molar-refractivity contribution is 5.82. The predicted molar refractivity (Wildman–Crippen MR) is 86.7 cm³/mol. The molecule has 1 aromatic carbocycles. The van der Waals surface area contributed by atoms with E-state index in [0.717, 1.165) is 12.1 Å². The van der Waals surface area contributed by atoms with Crippen molar-refractivity contribution in [2.75, 3.05) is 0 Å². The molecular formula is C19H18F6O3. The average Bonchev–Trinajstić information content (AvgIpc) is 2.59. The molecule has 9 heteroatoms. The van der Waals surface area contributed by atoms with Gasteiger partial charge in [0, 0.05) is 18.3 Å². The highest BCUT2D eigenvalue weighted by Crippen LogP contribution is 2.44. The molecule has 0 aromatic heterocycles. The van der Waals surface area contributed by atoms with Crippen LogP contribution in [0.25, 0.3) is 6.08 Å². The topological polar surface area (TPSA) is 35.5 Å². The Labute approximate surface area is 157 Å². The highest BCUT2D eigenvalue weighted by Gasteiger charge is 2.49. The largest absolute Gasteiger partial charge is 0.417 e. The maximum absolute atomic E-state index is 13.3. The number of Topliss-reactive ketones (excluding diaryl/α,β-unsaturated/α-hetero) is 1. The van der Waals surface area contributed by atoms with Crippen LogP contribution in [0.2, 0.25) is 0 Å². The lowest BCUT2D eigenvalue weighted by atomic mass is 9.71. The molecule has 1 aliphatic carbocycles. The number of rotatable bonds is 2. The van der Waals surface area contributed by atoms with Gasteiger partial charge >= 0.3 is 12.4 Å². The second-order valence-electron chi connectivity index (χ2n) is 7.42. The first-order valence-corrected chi connectivity index (χ1v) is 8.66. The molecule has 1 aliphatic heterocycles. The van der Waals surface area contributed by atoms with E-state index in [-0.39, 0.29) is 30.1 Å². The molecule has 0 amide bonds. The van der Waals surface area contributed by atoms with Crippen molar-refractivity contribution in [1.82, 2.24) is 0 Å². The zero-order valence-corrected chi connectivity index (χ0v) is 15.0. The smallest absolute Gasteiger partial charge is 0.299 e. The molecule has 28 heavy (non-hydrogen) atoms. The zero-order chi connectivity index (χ0) is 20.9. The van der Waals surface area contributed by atoms with Crippen molar-refractivity contribution in [3.05, 3.63) is 41.0 Å². The fraction of sp³-hybridized carbons (Fsp3) is 0.526. The first-order valence-electron chi connectivity index (χ1n) is 8.66. The van der Waals surface area contributed by atoms with E-state index in [9.17, 15) is 31.1 Å². The monoisotopic (exact) mass is 408 g/mol. The third-order valence-corrected chi connectivity index (χ3v) is 5.47. The summed E-state index contributed by atoms with van der Waals surface area (Å²) in [4.78, 5) is 22.7. The van der Waals surface area contributed by atoms with Gasteiger partial charge in [0.2, 0.25) is 0 Å². The van der Waals surface area contributed by atoms with Crippen molar-refractivity contribution >= 4 is 11.9 Å². The maximum atomic E-state index is 13.3. The Hall–Kier alpha value is -1.87. The van der Waals surface area contributed by atoms with Crippen molar-refractivity contribution in [3.8, 4) is 0 Å². The minimum atomic E-state index is -4.97. The Morgan fingerprint density at radius 2 is 1.82 bits per heavy atom. The second kappa shape index (κ2) is 6.88. The summed E-state index contributed by atoms with van der Waals surface area (Å²) >= 11 is 0. The van der Waals surface area contributed by atoms with E-state index >= 15 is 0 Å². The predicted octanol–water partition coefficient (Wildman–Crippen LogP) is 5.44. The molecule has 4 atom stereocenters. The standard InChI is InChI=1S/C19H18F6O3/c1-10-15(26)8-13-9-16(10)27-28-17(13,2)6-5-11-3-4-12(18(20,21)22)7-14(11)19(23,24)25/h3-7,10,13,16H,8-9H2,1-2H3/b6-5-/t10-,13+,16+,17-/m0/s1. The average molecular weight is 408 g/mol. The molecule has 3 nitrogen and oxygen atoms in total. The third-order valence-electron chi connectivity index (χ3n) is 5.47. The highest BCUT2D eigenvalue weighted by atomic mass is 19.4. The number of ketones is 1. The van der Waals surface area contributed by atoms with E-state index in [1.165, 1.54) is 6.08 Å². The lowest BCUT2D eigenvalue weighted by Crippen LogP contribution is -2.52. The van der Waals surface area contributed by atoms with E-state index in [4.69, 9.17) is 9.78 Å². The van der Waals surface area contributed by atoms with Gasteiger partial charge < -0.3 is 0 Å². The van der Waals surface area contributed by atoms with E-state index < -0.39 is 40.7 Å².